The lowest BCUT2D eigenvalue weighted by Crippen LogP contribution is -2.41. The van der Waals surface area contributed by atoms with Crippen molar-refractivity contribution in [2.75, 3.05) is 27.7 Å². The van der Waals surface area contributed by atoms with Gasteiger partial charge in [-0.3, -0.25) is 18.9 Å². The minimum Gasteiger partial charge on any atom is -0.450 e. The molecule has 1 fully saturated rings. The molecule has 2 aromatic rings. The topological polar surface area (TPSA) is 144 Å². The van der Waals surface area contributed by atoms with Crippen LogP contribution in [0.1, 0.15) is 16.6 Å². The number of nitrogens with one attached hydrogen (secondary N) is 1. The molecule has 1 aliphatic rings. The van der Waals surface area contributed by atoms with Crippen LogP contribution in [0.3, 0.4) is 0 Å². The molecule has 0 bridgehead atoms. The van der Waals surface area contributed by atoms with Crippen molar-refractivity contribution >= 4 is 13.6 Å². The molecular formula is C19H23N2O10P. The lowest BCUT2D eigenvalue weighted by Gasteiger charge is -2.24. The highest BCUT2D eigenvalue weighted by atomic mass is 31.2. The summed E-state index contributed by atoms with van der Waals surface area (Å²) in [4.78, 5) is 38.5. The second kappa shape index (κ2) is 10.3. The molecule has 1 aromatic carbocycles. The molecule has 1 aromatic heterocycles. The van der Waals surface area contributed by atoms with Crippen LogP contribution in [0.2, 0.25) is 0 Å². The van der Waals surface area contributed by atoms with Crippen LogP contribution >= 0.6 is 7.60 Å². The second-order valence-corrected chi connectivity index (χ2v) is 8.83. The van der Waals surface area contributed by atoms with E-state index in [9.17, 15) is 18.9 Å². The van der Waals surface area contributed by atoms with E-state index in [1.54, 1.807) is 30.3 Å². The fraction of sp³-hybridized carbons (Fsp3) is 0.421. The van der Waals surface area contributed by atoms with Crippen molar-refractivity contribution in [3.8, 4) is 0 Å². The fourth-order valence-corrected chi connectivity index (χ4v) is 3.77. The zero-order chi connectivity index (χ0) is 23.3. The van der Waals surface area contributed by atoms with E-state index in [1.165, 1.54) is 27.5 Å². The molecule has 1 saturated heterocycles. The van der Waals surface area contributed by atoms with Gasteiger partial charge in [0, 0.05) is 33.6 Å². The van der Waals surface area contributed by atoms with Crippen molar-refractivity contribution in [1.82, 2.24) is 9.55 Å². The van der Waals surface area contributed by atoms with Crippen LogP contribution in [-0.2, 0) is 32.6 Å². The zero-order valence-electron chi connectivity index (χ0n) is 17.5. The second-order valence-electron chi connectivity index (χ2n) is 6.62. The molecule has 12 nitrogen and oxygen atoms in total. The summed E-state index contributed by atoms with van der Waals surface area (Å²) in [7, 11) is 0.126. The van der Waals surface area contributed by atoms with E-state index in [0.29, 0.717) is 0 Å². The standard InChI is InChI=1S/C19H23N2O10P/c1-26-14-15(30-17(23)12-7-5-4-6-8-12)18(29-11-32(25,27-2)28-3)31-16(14)21-10-9-13(22)20-19(21)24/h4-10,14-16,18H,11H2,1-3H3,(H,20,22,24)/t14?,15?,16-,18+/m1/s1. The number of nitrogens with zero attached hydrogens (tertiary/aromatic N) is 1. The van der Waals surface area contributed by atoms with Crippen molar-refractivity contribution in [3.63, 3.8) is 0 Å². The van der Waals surface area contributed by atoms with Gasteiger partial charge < -0.3 is 28.0 Å². The lowest BCUT2D eigenvalue weighted by atomic mass is 10.2. The van der Waals surface area contributed by atoms with Crippen molar-refractivity contribution < 1.29 is 37.4 Å². The van der Waals surface area contributed by atoms with Gasteiger partial charge in [-0.15, -0.1) is 0 Å². The summed E-state index contributed by atoms with van der Waals surface area (Å²) in [6, 6.07) is 9.32. The number of aromatic amines is 1. The molecule has 0 spiro atoms. The van der Waals surface area contributed by atoms with Gasteiger partial charge in [0.05, 0.1) is 5.56 Å². The smallest absolute Gasteiger partial charge is 0.355 e. The van der Waals surface area contributed by atoms with Crippen LogP contribution in [0, 0.1) is 0 Å². The van der Waals surface area contributed by atoms with Crippen LogP contribution in [-0.4, -0.2) is 61.7 Å². The summed E-state index contributed by atoms with van der Waals surface area (Å²) in [5.41, 5.74) is -1.10. The molecule has 0 amide bonds. The van der Waals surface area contributed by atoms with Crippen molar-refractivity contribution in [2.24, 2.45) is 0 Å². The predicted molar refractivity (Wildman–Crippen MR) is 109 cm³/mol. The number of hydrogen-bond donors (Lipinski definition) is 1. The van der Waals surface area contributed by atoms with Gasteiger partial charge in [-0.25, -0.2) is 9.59 Å². The maximum absolute atomic E-state index is 12.7. The largest absolute Gasteiger partial charge is 0.450 e. The van der Waals surface area contributed by atoms with Gasteiger partial charge in [0.2, 0.25) is 6.29 Å². The summed E-state index contributed by atoms with van der Waals surface area (Å²) >= 11 is 0. The van der Waals surface area contributed by atoms with Crippen LogP contribution in [0.15, 0.2) is 52.2 Å². The maximum atomic E-state index is 12.7. The number of ether oxygens (including phenoxy) is 4. The highest BCUT2D eigenvalue weighted by Gasteiger charge is 2.50. The molecule has 4 atom stereocenters. The van der Waals surface area contributed by atoms with Crippen LogP contribution in [0.4, 0.5) is 0 Å². The van der Waals surface area contributed by atoms with Gasteiger partial charge in [0.1, 0.15) is 6.10 Å². The Morgan fingerprint density at radius 3 is 2.38 bits per heavy atom. The van der Waals surface area contributed by atoms with Crippen molar-refractivity contribution in [2.45, 2.75) is 24.7 Å². The van der Waals surface area contributed by atoms with E-state index in [2.05, 4.69) is 4.98 Å². The minimum atomic E-state index is -3.59. The summed E-state index contributed by atoms with van der Waals surface area (Å²) in [6.45, 7) is 0. The van der Waals surface area contributed by atoms with Crippen molar-refractivity contribution in [3.05, 3.63) is 69.0 Å². The molecule has 1 aliphatic heterocycles. The molecule has 1 N–H and O–H groups in total. The van der Waals surface area contributed by atoms with E-state index in [0.717, 1.165) is 10.6 Å². The Balaban J connectivity index is 1.91. The van der Waals surface area contributed by atoms with Crippen LogP contribution in [0.25, 0.3) is 0 Å². The number of H-pyrrole nitrogens is 1. The first-order valence-electron chi connectivity index (χ1n) is 9.40. The summed E-state index contributed by atoms with van der Waals surface area (Å²) in [5, 5.41) is 0. The Labute approximate surface area is 182 Å². The highest BCUT2D eigenvalue weighted by Crippen LogP contribution is 2.47. The number of benzene rings is 1. The molecule has 0 radical (unpaired) electrons. The normalized spacial score (nSPS) is 23.2. The molecule has 0 aliphatic carbocycles. The Morgan fingerprint density at radius 1 is 1.09 bits per heavy atom. The van der Waals surface area contributed by atoms with E-state index in [1.807, 2.05) is 0 Å². The summed E-state index contributed by atoms with van der Waals surface area (Å²) in [6.07, 6.45) is -3.92. The maximum Gasteiger partial charge on any atom is 0.355 e. The van der Waals surface area contributed by atoms with E-state index < -0.39 is 55.9 Å². The quantitative estimate of drug-likeness (QED) is 0.418. The Kier molecular flexibility index (Phi) is 7.77. The monoisotopic (exact) mass is 470 g/mol. The van der Waals surface area contributed by atoms with Gasteiger partial charge in [0.25, 0.3) is 5.56 Å². The number of rotatable bonds is 9. The molecule has 32 heavy (non-hydrogen) atoms. The molecule has 0 saturated carbocycles. The molecule has 2 unspecified atom stereocenters. The average molecular weight is 470 g/mol. The summed E-state index contributed by atoms with van der Waals surface area (Å²) < 4.78 is 45.6. The van der Waals surface area contributed by atoms with Gasteiger partial charge in [0.15, 0.2) is 18.7 Å². The highest BCUT2D eigenvalue weighted by molar-refractivity contribution is 7.53. The lowest BCUT2D eigenvalue weighted by molar-refractivity contribution is -0.170. The molecule has 2 heterocycles. The zero-order valence-corrected chi connectivity index (χ0v) is 18.4. The van der Waals surface area contributed by atoms with Gasteiger partial charge in [-0.05, 0) is 12.1 Å². The van der Waals surface area contributed by atoms with Gasteiger partial charge in [-0.1, -0.05) is 18.2 Å². The first-order chi connectivity index (χ1) is 15.3. The molecule has 174 valence electrons. The minimum absolute atomic E-state index is 0.269. The average Bonchev–Trinajstić information content (AvgIpc) is 3.14. The third kappa shape index (κ3) is 5.23. The van der Waals surface area contributed by atoms with Crippen LogP contribution in [0.5, 0.6) is 0 Å². The number of carbonyl (C=O) groups is 1. The van der Waals surface area contributed by atoms with E-state index >= 15 is 0 Å². The van der Waals surface area contributed by atoms with E-state index in [-0.39, 0.29) is 5.56 Å². The summed E-state index contributed by atoms with van der Waals surface area (Å²) in [5.74, 6) is -0.689. The Morgan fingerprint density at radius 2 is 1.78 bits per heavy atom. The van der Waals surface area contributed by atoms with Gasteiger partial charge in [-0.2, -0.15) is 0 Å². The molecule has 3 rings (SSSR count). The van der Waals surface area contributed by atoms with Crippen LogP contribution < -0.4 is 11.2 Å². The molecular weight excluding hydrogens is 447 g/mol. The van der Waals surface area contributed by atoms with Gasteiger partial charge >= 0.3 is 19.3 Å². The first kappa shape index (κ1) is 24.1. The number of carbonyl (C=O) groups excluding carboxylic acids is 1. The number of hydrogen-bond acceptors (Lipinski definition) is 10. The molecule has 13 heteroatoms. The first-order valence-corrected chi connectivity index (χ1v) is 11.1. The number of aromatic nitrogens is 2. The predicted octanol–water partition coefficient (Wildman–Crippen LogP) is 1.09. The number of methoxy groups -OCH3 is 1. The van der Waals surface area contributed by atoms with E-state index in [4.69, 9.17) is 28.0 Å². The fourth-order valence-electron chi connectivity index (χ4n) is 3.08. The Hall–Kier alpha value is -2.60. The third-order valence-electron chi connectivity index (χ3n) is 4.75. The Bertz CT molecular complexity index is 1080. The third-order valence-corrected chi connectivity index (χ3v) is 6.33. The SMILES string of the molecule is COC1C(OC(=O)c2ccccc2)[C@@H](OCP(=O)(OC)OC)O[C@H]1n1ccc(=O)[nH]c1=O. The van der Waals surface area contributed by atoms with Crippen molar-refractivity contribution in [1.29, 1.82) is 0 Å². The number of esters is 1.